The first-order chi connectivity index (χ1) is 16.8. The number of para-hydroxylation sites is 1. The molecule has 0 fully saturated rings. The molecule has 5 aromatic rings. The van der Waals surface area contributed by atoms with Crippen molar-refractivity contribution in [2.24, 2.45) is 0 Å². The molecule has 6 nitrogen and oxygen atoms in total. The van der Waals surface area contributed by atoms with Crippen LogP contribution in [0.4, 0.5) is 0 Å². The van der Waals surface area contributed by atoms with Gasteiger partial charge in [-0.25, -0.2) is 0 Å². The lowest BCUT2D eigenvalue weighted by Crippen LogP contribution is -1.96. The molecule has 0 unspecified atom stereocenters. The Morgan fingerprint density at radius 1 is 0.912 bits per heavy atom. The van der Waals surface area contributed by atoms with E-state index in [-0.39, 0.29) is 0 Å². The molecule has 0 aliphatic carbocycles. The summed E-state index contributed by atoms with van der Waals surface area (Å²) < 4.78 is 11.4. The van der Waals surface area contributed by atoms with Crippen molar-refractivity contribution in [3.8, 4) is 11.5 Å². The fraction of sp³-hybridized carbons (Fsp3) is 0.0714. The number of aromatic nitrogens is 4. The summed E-state index contributed by atoms with van der Waals surface area (Å²) in [5, 5.41) is 8.65. The number of hydrogen-bond acceptors (Lipinski definition) is 4. The van der Waals surface area contributed by atoms with Gasteiger partial charge in [0.05, 0.1) is 24.0 Å². The molecule has 0 saturated heterocycles. The Labute approximate surface area is 197 Å². The summed E-state index contributed by atoms with van der Waals surface area (Å²) in [4.78, 5) is 7.40. The highest BCUT2D eigenvalue weighted by Crippen LogP contribution is 2.27. The van der Waals surface area contributed by atoms with Crippen molar-refractivity contribution < 1.29 is 9.47 Å². The monoisotopic (exact) mass is 448 g/mol. The molecule has 0 spiro atoms. The van der Waals surface area contributed by atoms with Gasteiger partial charge in [0, 0.05) is 35.8 Å². The maximum atomic E-state index is 5.87. The minimum atomic E-state index is 0.452. The van der Waals surface area contributed by atoms with Crippen molar-refractivity contribution in [1.82, 2.24) is 20.2 Å². The number of aromatic amines is 2. The third kappa shape index (κ3) is 4.91. The Morgan fingerprint density at radius 2 is 1.85 bits per heavy atom. The van der Waals surface area contributed by atoms with Crippen LogP contribution in [-0.2, 0) is 6.61 Å². The SMILES string of the molecule is COc1cc(OCc2cccnc2)ccc1/C=C/c1cc(/C=C/c2cccc3cc[nH]c23)[nH]n1. The van der Waals surface area contributed by atoms with Gasteiger partial charge in [-0.1, -0.05) is 30.3 Å². The summed E-state index contributed by atoms with van der Waals surface area (Å²) in [6.45, 7) is 0.452. The molecule has 0 aliphatic rings. The number of pyridine rings is 1. The van der Waals surface area contributed by atoms with Crippen LogP contribution in [0.3, 0.4) is 0 Å². The maximum Gasteiger partial charge on any atom is 0.129 e. The molecule has 3 heterocycles. The Balaban J connectivity index is 1.26. The first kappa shape index (κ1) is 21.3. The lowest BCUT2D eigenvalue weighted by atomic mass is 10.1. The molecule has 3 aromatic heterocycles. The molecule has 168 valence electrons. The van der Waals surface area contributed by atoms with Crippen molar-refractivity contribution in [1.29, 1.82) is 0 Å². The summed E-state index contributed by atoms with van der Waals surface area (Å²) in [5.74, 6) is 1.47. The fourth-order valence-corrected chi connectivity index (χ4v) is 3.70. The molecule has 0 aliphatic heterocycles. The molecular formula is C28H24N4O2. The largest absolute Gasteiger partial charge is 0.496 e. The van der Waals surface area contributed by atoms with Crippen LogP contribution >= 0.6 is 0 Å². The first-order valence-corrected chi connectivity index (χ1v) is 11.0. The number of ether oxygens (including phenoxy) is 2. The smallest absolute Gasteiger partial charge is 0.129 e. The normalized spacial score (nSPS) is 11.6. The van der Waals surface area contributed by atoms with Crippen molar-refractivity contribution >= 4 is 35.2 Å². The number of rotatable bonds is 8. The molecule has 0 amide bonds. The second-order valence-electron chi connectivity index (χ2n) is 7.76. The van der Waals surface area contributed by atoms with E-state index >= 15 is 0 Å². The van der Waals surface area contributed by atoms with Crippen molar-refractivity contribution in [3.63, 3.8) is 0 Å². The van der Waals surface area contributed by atoms with E-state index in [1.54, 1.807) is 19.5 Å². The van der Waals surface area contributed by atoms with Crippen LogP contribution in [0.15, 0.2) is 79.3 Å². The molecular weight excluding hydrogens is 424 g/mol. The standard InChI is InChI=1S/C28H24N4O2/c1-33-27-17-26(34-19-20-4-3-14-29-18-20)12-9-21(27)7-10-24-16-25(32-31-24)11-8-22-5-2-6-23-13-15-30-28(22)23/h2-18,30H,19H2,1H3,(H,31,32)/b10-7+,11-8+. The van der Waals surface area contributed by atoms with Crippen molar-refractivity contribution in [3.05, 3.63) is 107 Å². The number of H-pyrrole nitrogens is 2. The third-order valence-corrected chi connectivity index (χ3v) is 5.45. The summed E-state index contributed by atoms with van der Waals surface area (Å²) in [7, 11) is 1.65. The van der Waals surface area contributed by atoms with E-state index in [4.69, 9.17) is 9.47 Å². The van der Waals surface area contributed by atoms with Crippen LogP contribution in [0.1, 0.15) is 28.1 Å². The Hall–Kier alpha value is -4.58. The third-order valence-electron chi connectivity index (χ3n) is 5.45. The van der Waals surface area contributed by atoms with Crippen LogP contribution in [0.2, 0.25) is 0 Å². The van der Waals surface area contributed by atoms with Gasteiger partial charge in [0.1, 0.15) is 18.1 Å². The van der Waals surface area contributed by atoms with Crippen LogP contribution in [0.5, 0.6) is 11.5 Å². The van der Waals surface area contributed by atoms with E-state index in [0.29, 0.717) is 6.61 Å². The van der Waals surface area contributed by atoms with Gasteiger partial charge in [0.15, 0.2) is 0 Å². The van der Waals surface area contributed by atoms with Crippen LogP contribution in [0.25, 0.3) is 35.2 Å². The molecule has 2 aromatic carbocycles. The first-order valence-electron chi connectivity index (χ1n) is 11.0. The highest BCUT2D eigenvalue weighted by Gasteiger charge is 2.05. The number of fused-ring (bicyclic) bond motifs is 1. The van der Waals surface area contributed by atoms with Crippen LogP contribution in [-0.4, -0.2) is 27.3 Å². The second kappa shape index (κ2) is 9.92. The molecule has 0 bridgehead atoms. The number of nitrogens with one attached hydrogen (secondary N) is 2. The van der Waals surface area contributed by atoms with Gasteiger partial charge in [0.2, 0.25) is 0 Å². The van der Waals surface area contributed by atoms with Gasteiger partial charge in [-0.2, -0.15) is 5.10 Å². The molecule has 0 saturated carbocycles. The van der Waals surface area contributed by atoms with Crippen molar-refractivity contribution in [2.75, 3.05) is 7.11 Å². The van der Waals surface area contributed by atoms with Crippen molar-refractivity contribution in [2.45, 2.75) is 6.61 Å². The summed E-state index contributed by atoms with van der Waals surface area (Å²) >= 11 is 0. The molecule has 5 rings (SSSR count). The molecule has 0 atom stereocenters. The minimum Gasteiger partial charge on any atom is -0.496 e. The van der Waals surface area contributed by atoms with E-state index < -0.39 is 0 Å². The molecule has 6 heteroatoms. The fourth-order valence-electron chi connectivity index (χ4n) is 3.70. The molecule has 0 radical (unpaired) electrons. The minimum absolute atomic E-state index is 0.452. The second-order valence-corrected chi connectivity index (χ2v) is 7.76. The Morgan fingerprint density at radius 3 is 2.74 bits per heavy atom. The van der Waals surface area contributed by atoms with E-state index in [0.717, 1.165) is 45.1 Å². The summed E-state index contributed by atoms with van der Waals surface area (Å²) in [6, 6.07) is 20.0. The van der Waals surface area contributed by atoms with E-state index in [1.165, 1.54) is 5.39 Å². The zero-order valence-electron chi connectivity index (χ0n) is 18.7. The van der Waals surface area contributed by atoms with Gasteiger partial charge < -0.3 is 14.5 Å². The average molecular weight is 449 g/mol. The van der Waals surface area contributed by atoms with Gasteiger partial charge in [-0.15, -0.1) is 0 Å². The lowest BCUT2D eigenvalue weighted by molar-refractivity contribution is 0.303. The maximum absolute atomic E-state index is 5.87. The average Bonchev–Trinajstić information content (AvgIpc) is 3.55. The number of benzene rings is 2. The van der Waals surface area contributed by atoms with Gasteiger partial charge >= 0.3 is 0 Å². The summed E-state index contributed by atoms with van der Waals surface area (Å²) in [6.07, 6.45) is 13.5. The molecule has 34 heavy (non-hydrogen) atoms. The number of nitrogens with zero attached hydrogens (tertiary/aromatic N) is 2. The predicted molar refractivity (Wildman–Crippen MR) is 136 cm³/mol. The predicted octanol–water partition coefficient (Wildman–Crippen LogP) is 6.21. The number of methoxy groups -OCH3 is 1. The van der Waals surface area contributed by atoms with Crippen LogP contribution < -0.4 is 9.47 Å². The molecule has 2 N–H and O–H groups in total. The topological polar surface area (TPSA) is 75.8 Å². The highest BCUT2D eigenvalue weighted by atomic mass is 16.5. The summed E-state index contributed by atoms with van der Waals surface area (Å²) in [5.41, 5.74) is 5.96. The Kier molecular flexibility index (Phi) is 6.21. The lowest BCUT2D eigenvalue weighted by Gasteiger charge is -2.10. The zero-order chi connectivity index (χ0) is 23.2. The van der Waals surface area contributed by atoms with Gasteiger partial charge in [-0.3, -0.25) is 10.1 Å². The zero-order valence-corrected chi connectivity index (χ0v) is 18.7. The van der Waals surface area contributed by atoms with Crippen LogP contribution in [0, 0.1) is 0 Å². The van der Waals surface area contributed by atoms with E-state index in [1.807, 2.05) is 60.8 Å². The van der Waals surface area contributed by atoms with Gasteiger partial charge in [-0.05, 0) is 59.5 Å². The quantitative estimate of drug-likeness (QED) is 0.296. The van der Waals surface area contributed by atoms with E-state index in [2.05, 4.69) is 50.5 Å². The van der Waals surface area contributed by atoms with Gasteiger partial charge in [0.25, 0.3) is 0 Å². The Bertz CT molecular complexity index is 1450. The van der Waals surface area contributed by atoms with E-state index in [9.17, 15) is 0 Å². The number of hydrogen-bond donors (Lipinski definition) is 2. The highest BCUT2D eigenvalue weighted by molar-refractivity contribution is 5.90.